The van der Waals surface area contributed by atoms with E-state index in [1.165, 1.54) is 16.9 Å². The molecule has 0 radical (unpaired) electrons. The number of hydrogen-bond donors (Lipinski definition) is 1. The van der Waals surface area contributed by atoms with Gasteiger partial charge in [-0.2, -0.15) is 0 Å². The minimum atomic E-state index is -0.0926. The summed E-state index contributed by atoms with van der Waals surface area (Å²) in [5.74, 6) is 0.0474. The lowest BCUT2D eigenvalue weighted by atomic mass is 10.1. The fourth-order valence-corrected chi connectivity index (χ4v) is 4.59. The average Bonchev–Trinajstić information content (AvgIpc) is 3.13. The van der Waals surface area contributed by atoms with Crippen molar-refractivity contribution in [3.05, 3.63) is 51.9 Å². The Labute approximate surface area is 179 Å². The number of nitrogens with two attached hydrogens (primary N) is 1. The number of carbonyl (C=O) groups is 1. The topological polar surface area (TPSA) is 81.2 Å². The van der Waals surface area contributed by atoms with Crippen LogP contribution in [0.25, 0.3) is 21.3 Å². The fourth-order valence-electron chi connectivity index (χ4n) is 3.68. The third kappa shape index (κ3) is 4.52. The van der Waals surface area contributed by atoms with Gasteiger partial charge < -0.3 is 10.6 Å². The molecule has 1 unspecified atom stereocenters. The van der Waals surface area contributed by atoms with Crippen molar-refractivity contribution in [2.24, 2.45) is 5.73 Å². The normalized spacial score (nSPS) is 16.6. The summed E-state index contributed by atoms with van der Waals surface area (Å²) in [5, 5.41) is 2.61. The van der Waals surface area contributed by atoms with E-state index >= 15 is 0 Å². The second kappa shape index (κ2) is 9.07. The summed E-state index contributed by atoms with van der Waals surface area (Å²) in [6.45, 7) is 3.72. The molecule has 3 aromatic rings. The van der Waals surface area contributed by atoms with Crippen LogP contribution in [0.4, 0.5) is 0 Å². The molecule has 2 aromatic heterocycles. The molecule has 0 aliphatic carbocycles. The molecule has 3 heterocycles. The predicted octanol–water partition coefficient (Wildman–Crippen LogP) is 3.20. The highest BCUT2D eigenvalue weighted by Crippen LogP contribution is 2.30. The highest BCUT2D eigenvalue weighted by atomic mass is 35.5. The van der Waals surface area contributed by atoms with Crippen molar-refractivity contribution in [3.8, 4) is 11.1 Å². The minimum absolute atomic E-state index is 0. The maximum Gasteiger partial charge on any atom is 0.262 e. The Bertz CT molecular complexity index is 1060. The molecule has 1 aliphatic rings. The quantitative estimate of drug-likeness (QED) is 0.686. The van der Waals surface area contributed by atoms with Crippen LogP contribution in [-0.2, 0) is 11.3 Å². The predicted molar refractivity (Wildman–Crippen MR) is 120 cm³/mol. The number of thiophene rings is 1. The Morgan fingerprint density at radius 1 is 1.31 bits per heavy atom. The van der Waals surface area contributed by atoms with Crippen molar-refractivity contribution in [1.29, 1.82) is 0 Å². The molecule has 1 saturated heterocycles. The van der Waals surface area contributed by atoms with Gasteiger partial charge in [-0.05, 0) is 25.3 Å². The minimum Gasteiger partial charge on any atom is -0.341 e. The Morgan fingerprint density at radius 3 is 2.79 bits per heavy atom. The van der Waals surface area contributed by atoms with Gasteiger partial charge in [0.1, 0.15) is 4.83 Å². The molecule has 8 heteroatoms. The molecule has 154 valence electrons. The zero-order valence-corrected chi connectivity index (χ0v) is 18.0. The highest BCUT2D eigenvalue weighted by molar-refractivity contribution is 7.17. The first-order valence-electron chi connectivity index (χ1n) is 9.60. The molecule has 1 fully saturated rings. The molecule has 29 heavy (non-hydrogen) atoms. The number of aryl methyl sites for hydroxylation is 2. The molecular formula is C21H25ClN4O2S. The van der Waals surface area contributed by atoms with Gasteiger partial charge in [0.2, 0.25) is 5.91 Å². The summed E-state index contributed by atoms with van der Waals surface area (Å²) < 4.78 is 1.55. The third-order valence-corrected chi connectivity index (χ3v) is 6.19. The fraction of sp³-hybridized carbons (Fsp3) is 0.381. The van der Waals surface area contributed by atoms with E-state index < -0.39 is 0 Å². The van der Waals surface area contributed by atoms with Crippen LogP contribution in [0.3, 0.4) is 0 Å². The third-order valence-electron chi connectivity index (χ3n) is 5.30. The van der Waals surface area contributed by atoms with Crippen LogP contribution in [-0.4, -0.2) is 39.5 Å². The molecule has 1 amide bonds. The molecule has 1 aliphatic heterocycles. The second-order valence-electron chi connectivity index (χ2n) is 7.43. The van der Waals surface area contributed by atoms with Crippen molar-refractivity contribution < 1.29 is 4.79 Å². The summed E-state index contributed by atoms with van der Waals surface area (Å²) in [6, 6.07) is 8.18. The van der Waals surface area contributed by atoms with Gasteiger partial charge in [0.25, 0.3) is 5.56 Å². The number of piperidine rings is 1. The maximum atomic E-state index is 13.1. The number of halogens is 1. The first kappa shape index (κ1) is 21.5. The van der Waals surface area contributed by atoms with E-state index in [9.17, 15) is 9.59 Å². The lowest BCUT2D eigenvalue weighted by Gasteiger charge is -2.30. The number of hydrogen-bond acceptors (Lipinski definition) is 5. The van der Waals surface area contributed by atoms with Crippen molar-refractivity contribution in [2.75, 3.05) is 13.1 Å². The van der Waals surface area contributed by atoms with Gasteiger partial charge >= 0.3 is 0 Å². The summed E-state index contributed by atoms with van der Waals surface area (Å²) in [4.78, 5) is 32.6. The molecule has 0 spiro atoms. The van der Waals surface area contributed by atoms with Gasteiger partial charge in [-0.3, -0.25) is 14.2 Å². The summed E-state index contributed by atoms with van der Waals surface area (Å²) in [5.41, 5.74) is 8.96. The Kier molecular flexibility index (Phi) is 6.72. The summed E-state index contributed by atoms with van der Waals surface area (Å²) in [6.07, 6.45) is 3.73. The van der Waals surface area contributed by atoms with Gasteiger partial charge in [0.05, 0.1) is 11.7 Å². The zero-order chi connectivity index (χ0) is 19.7. The molecule has 1 aromatic carbocycles. The lowest BCUT2D eigenvalue weighted by Crippen LogP contribution is -2.46. The van der Waals surface area contributed by atoms with Gasteiger partial charge in [0, 0.05) is 43.0 Å². The largest absolute Gasteiger partial charge is 0.341 e. The van der Waals surface area contributed by atoms with E-state index in [-0.39, 0.29) is 36.3 Å². The standard InChI is InChI=1S/C21H24N4O2S.ClH/c1-14-4-6-15(7-5-14)17-12-28-20-19(17)21(27)25(13-23-20)10-8-18(26)24-9-2-3-16(22)11-24;/h4-7,12-13,16H,2-3,8-11,22H2,1H3;1H. The van der Waals surface area contributed by atoms with E-state index in [4.69, 9.17) is 5.73 Å². The van der Waals surface area contributed by atoms with Crippen LogP contribution in [0.1, 0.15) is 24.8 Å². The summed E-state index contributed by atoms with van der Waals surface area (Å²) >= 11 is 1.47. The second-order valence-corrected chi connectivity index (χ2v) is 8.29. The molecule has 4 rings (SSSR count). The Hall–Kier alpha value is -2.22. The lowest BCUT2D eigenvalue weighted by molar-refractivity contribution is -0.132. The number of aromatic nitrogens is 2. The number of likely N-dealkylation sites (tertiary alicyclic amines) is 1. The van der Waals surface area contributed by atoms with E-state index in [1.807, 2.05) is 41.5 Å². The van der Waals surface area contributed by atoms with Gasteiger partial charge in [0.15, 0.2) is 0 Å². The van der Waals surface area contributed by atoms with Crippen molar-refractivity contribution in [2.45, 2.75) is 38.8 Å². The van der Waals surface area contributed by atoms with Crippen molar-refractivity contribution in [3.63, 3.8) is 0 Å². The smallest absolute Gasteiger partial charge is 0.262 e. The average molecular weight is 433 g/mol. The van der Waals surface area contributed by atoms with Crippen molar-refractivity contribution >= 4 is 39.9 Å². The first-order chi connectivity index (χ1) is 13.5. The van der Waals surface area contributed by atoms with Gasteiger partial charge in [-0.25, -0.2) is 4.98 Å². The summed E-state index contributed by atoms with van der Waals surface area (Å²) in [7, 11) is 0. The van der Waals surface area contributed by atoms with E-state index in [0.29, 0.717) is 18.5 Å². The SMILES string of the molecule is Cc1ccc(-c2csc3ncn(CCC(=O)N4CCCC(N)C4)c(=O)c23)cc1.Cl. The number of carbonyl (C=O) groups excluding carboxylic acids is 1. The van der Waals surface area contributed by atoms with E-state index in [2.05, 4.69) is 4.98 Å². The Morgan fingerprint density at radius 2 is 2.07 bits per heavy atom. The Balaban J connectivity index is 0.00000240. The molecule has 6 nitrogen and oxygen atoms in total. The molecule has 0 saturated carbocycles. The number of nitrogens with zero attached hydrogens (tertiary/aromatic N) is 3. The van der Waals surface area contributed by atoms with Gasteiger partial charge in [-0.1, -0.05) is 29.8 Å². The first-order valence-corrected chi connectivity index (χ1v) is 10.5. The zero-order valence-electron chi connectivity index (χ0n) is 16.3. The number of benzene rings is 1. The highest BCUT2D eigenvalue weighted by Gasteiger charge is 2.21. The molecular weight excluding hydrogens is 408 g/mol. The number of fused-ring (bicyclic) bond motifs is 1. The molecule has 1 atom stereocenters. The van der Waals surface area contributed by atoms with Crippen LogP contribution in [0.15, 0.2) is 40.8 Å². The van der Waals surface area contributed by atoms with Crippen LogP contribution >= 0.6 is 23.7 Å². The van der Waals surface area contributed by atoms with Crippen LogP contribution < -0.4 is 11.3 Å². The van der Waals surface area contributed by atoms with Crippen LogP contribution in [0, 0.1) is 6.92 Å². The van der Waals surface area contributed by atoms with E-state index in [1.54, 1.807) is 10.9 Å². The maximum absolute atomic E-state index is 13.1. The monoisotopic (exact) mass is 432 g/mol. The van der Waals surface area contributed by atoms with Crippen LogP contribution in [0.2, 0.25) is 0 Å². The van der Waals surface area contributed by atoms with Crippen molar-refractivity contribution in [1.82, 2.24) is 14.5 Å². The molecule has 2 N–H and O–H groups in total. The number of amides is 1. The number of rotatable bonds is 4. The van der Waals surface area contributed by atoms with E-state index in [0.717, 1.165) is 35.3 Å². The van der Waals surface area contributed by atoms with Crippen LogP contribution in [0.5, 0.6) is 0 Å². The molecule has 0 bridgehead atoms. The van der Waals surface area contributed by atoms with Gasteiger partial charge in [-0.15, -0.1) is 23.7 Å².